The first-order valence-corrected chi connectivity index (χ1v) is 11.3. The number of aryl methyl sites for hydroxylation is 1. The molecule has 0 spiro atoms. The Balaban J connectivity index is 1.52. The summed E-state index contributed by atoms with van der Waals surface area (Å²) in [6.07, 6.45) is 9.04. The summed E-state index contributed by atoms with van der Waals surface area (Å²) in [7, 11) is 1.66. The topological polar surface area (TPSA) is 72.6 Å². The van der Waals surface area contributed by atoms with Gasteiger partial charge >= 0.3 is 0 Å². The van der Waals surface area contributed by atoms with Crippen molar-refractivity contribution in [2.24, 2.45) is 0 Å². The number of hydrogen-bond acceptors (Lipinski definition) is 5. The predicted octanol–water partition coefficient (Wildman–Crippen LogP) is 5.69. The second-order valence-electron chi connectivity index (χ2n) is 8.35. The average molecular weight is 455 g/mol. The maximum atomic E-state index is 12.1. The Labute approximate surface area is 198 Å². The lowest BCUT2D eigenvalue weighted by Gasteiger charge is -2.28. The smallest absolute Gasteiger partial charge is 0.294 e. The van der Waals surface area contributed by atoms with Gasteiger partial charge in [-0.05, 0) is 46.9 Å². The molecule has 34 heavy (non-hydrogen) atoms. The number of nitrogens with zero attached hydrogens (tertiary/aromatic N) is 3. The number of hydrogen-bond donors (Lipinski definition) is 1. The van der Waals surface area contributed by atoms with Gasteiger partial charge < -0.3 is 19.5 Å². The summed E-state index contributed by atoms with van der Waals surface area (Å²) in [5.41, 5.74) is 2.81. The van der Waals surface area contributed by atoms with Gasteiger partial charge in [0.2, 0.25) is 0 Å². The van der Waals surface area contributed by atoms with Gasteiger partial charge in [-0.2, -0.15) is 0 Å². The Morgan fingerprint density at radius 1 is 1.03 bits per heavy atom. The molecular weight excluding hydrogens is 428 g/mol. The average Bonchev–Trinajstić information content (AvgIpc) is 3.55. The van der Waals surface area contributed by atoms with Crippen LogP contribution in [-0.4, -0.2) is 28.2 Å². The van der Waals surface area contributed by atoms with E-state index < -0.39 is 0 Å². The molecule has 1 aromatic heterocycles. The lowest BCUT2D eigenvalue weighted by atomic mass is 9.99. The molecule has 1 unspecified atom stereocenters. The molecule has 0 saturated heterocycles. The van der Waals surface area contributed by atoms with Crippen LogP contribution < -0.4 is 10.1 Å². The fourth-order valence-corrected chi connectivity index (χ4v) is 4.59. The zero-order chi connectivity index (χ0) is 23.5. The Morgan fingerprint density at radius 3 is 2.56 bits per heavy atom. The van der Waals surface area contributed by atoms with E-state index in [2.05, 4.69) is 22.3 Å². The highest BCUT2D eigenvalue weighted by atomic mass is 16.6. The van der Waals surface area contributed by atoms with Crippen LogP contribution >= 0.6 is 0 Å². The van der Waals surface area contributed by atoms with Gasteiger partial charge in [-0.25, -0.2) is 0 Å². The molecule has 5 rings (SSSR count). The van der Waals surface area contributed by atoms with E-state index >= 15 is 0 Å². The normalized spacial score (nSPS) is 13.7. The number of benzene rings is 3. The molecule has 3 aromatic carbocycles. The van der Waals surface area contributed by atoms with Crippen molar-refractivity contribution in [3.63, 3.8) is 0 Å². The van der Waals surface area contributed by atoms with Gasteiger partial charge in [0.15, 0.2) is 0 Å². The molecule has 0 fully saturated rings. The zero-order valence-electron chi connectivity index (χ0n) is 18.9. The molecule has 172 valence electrons. The first kappa shape index (κ1) is 21.6. The minimum Gasteiger partial charge on any atom is -0.497 e. The summed E-state index contributed by atoms with van der Waals surface area (Å²) in [6.45, 7) is 0.656. The zero-order valence-corrected chi connectivity index (χ0v) is 18.9. The van der Waals surface area contributed by atoms with E-state index in [0.29, 0.717) is 12.2 Å². The second kappa shape index (κ2) is 9.31. The first-order valence-electron chi connectivity index (χ1n) is 11.3. The largest absolute Gasteiger partial charge is 0.497 e. The van der Waals surface area contributed by atoms with Crippen LogP contribution in [0.1, 0.15) is 18.2 Å². The van der Waals surface area contributed by atoms with Crippen molar-refractivity contribution < 1.29 is 9.66 Å². The van der Waals surface area contributed by atoms with Crippen LogP contribution in [0.5, 0.6) is 5.75 Å². The minimum atomic E-state index is -0.286. The highest BCUT2D eigenvalue weighted by Gasteiger charge is 2.26. The van der Waals surface area contributed by atoms with E-state index in [1.807, 2.05) is 77.8 Å². The molecule has 1 aliphatic heterocycles. The van der Waals surface area contributed by atoms with Crippen molar-refractivity contribution in [3.8, 4) is 16.9 Å². The number of fused-ring (bicyclic) bond motifs is 1. The molecule has 1 aliphatic rings. The summed E-state index contributed by atoms with van der Waals surface area (Å²) >= 11 is 0. The first-order chi connectivity index (χ1) is 16.6. The summed E-state index contributed by atoms with van der Waals surface area (Å²) < 4.78 is 7.24. The van der Waals surface area contributed by atoms with E-state index in [0.717, 1.165) is 34.9 Å². The fraction of sp³-hybridized carbons (Fsp3) is 0.185. The van der Waals surface area contributed by atoms with Crippen molar-refractivity contribution in [2.45, 2.75) is 19.0 Å². The lowest BCUT2D eigenvalue weighted by molar-refractivity contribution is -0.384. The Kier molecular flexibility index (Phi) is 5.91. The van der Waals surface area contributed by atoms with Gasteiger partial charge in [0.1, 0.15) is 11.9 Å². The van der Waals surface area contributed by atoms with Gasteiger partial charge in [-0.15, -0.1) is 0 Å². The van der Waals surface area contributed by atoms with Gasteiger partial charge in [-0.1, -0.05) is 54.6 Å². The third-order valence-electron chi connectivity index (χ3n) is 6.34. The number of methoxy groups -OCH3 is 1. The van der Waals surface area contributed by atoms with Crippen molar-refractivity contribution in [3.05, 3.63) is 107 Å². The molecule has 0 saturated carbocycles. The number of nitro groups is 1. The standard InChI is InChI=1S/C27H26N4O3/c1-34-22-12-9-20(10-13-22)11-14-27(29-16-15-28-19-29)30-17-25(26(18-30)31(32)33)24-8-4-6-21-5-2-3-7-23(21)24/h2-10,12-13,15-18,27-28H,11,14,19H2,1H3. The molecule has 0 radical (unpaired) electrons. The van der Waals surface area contributed by atoms with Gasteiger partial charge in [0.25, 0.3) is 5.69 Å². The molecule has 0 bridgehead atoms. The molecule has 7 nitrogen and oxygen atoms in total. The Hall–Kier alpha value is -4.26. The number of aromatic nitrogens is 1. The van der Waals surface area contributed by atoms with Crippen LogP contribution in [-0.2, 0) is 6.42 Å². The van der Waals surface area contributed by atoms with Crippen LogP contribution in [0.2, 0.25) is 0 Å². The predicted molar refractivity (Wildman–Crippen MR) is 133 cm³/mol. The lowest BCUT2D eigenvalue weighted by Crippen LogP contribution is -2.30. The monoisotopic (exact) mass is 454 g/mol. The van der Waals surface area contributed by atoms with Gasteiger partial charge in [-0.3, -0.25) is 10.1 Å². The van der Waals surface area contributed by atoms with Crippen LogP contribution in [0.25, 0.3) is 21.9 Å². The molecule has 1 N–H and O–H groups in total. The van der Waals surface area contributed by atoms with Crippen LogP contribution in [0.3, 0.4) is 0 Å². The maximum Gasteiger partial charge on any atom is 0.294 e. The molecule has 0 aliphatic carbocycles. The third kappa shape index (κ3) is 4.20. The number of nitrogens with one attached hydrogen (secondary N) is 1. The van der Waals surface area contributed by atoms with E-state index in [4.69, 9.17) is 4.74 Å². The van der Waals surface area contributed by atoms with Crippen molar-refractivity contribution in [2.75, 3.05) is 13.8 Å². The van der Waals surface area contributed by atoms with Crippen LogP contribution in [0.4, 0.5) is 5.69 Å². The molecule has 4 aromatic rings. The maximum absolute atomic E-state index is 12.1. The third-order valence-corrected chi connectivity index (χ3v) is 6.34. The molecular formula is C27H26N4O3. The Bertz CT molecular complexity index is 1340. The fourth-order valence-electron chi connectivity index (χ4n) is 4.59. The van der Waals surface area contributed by atoms with E-state index in [1.165, 1.54) is 5.56 Å². The van der Waals surface area contributed by atoms with Gasteiger partial charge in [0, 0.05) is 18.6 Å². The summed E-state index contributed by atoms with van der Waals surface area (Å²) in [4.78, 5) is 13.9. The summed E-state index contributed by atoms with van der Waals surface area (Å²) in [5, 5.41) is 17.3. The highest BCUT2D eigenvalue weighted by Crippen LogP contribution is 2.38. The van der Waals surface area contributed by atoms with E-state index in [-0.39, 0.29) is 16.8 Å². The number of ether oxygens (including phenoxy) is 1. The quantitative estimate of drug-likeness (QED) is 0.273. The van der Waals surface area contributed by atoms with Gasteiger partial charge in [0.05, 0.1) is 30.5 Å². The van der Waals surface area contributed by atoms with Crippen molar-refractivity contribution in [1.29, 1.82) is 0 Å². The highest BCUT2D eigenvalue weighted by molar-refractivity contribution is 5.98. The number of rotatable bonds is 8. The van der Waals surface area contributed by atoms with Crippen molar-refractivity contribution in [1.82, 2.24) is 14.8 Å². The molecule has 0 amide bonds. The SMILES string of the molecule is COc1ccc(CCC(N2C=CNC2)n2cc(-c3cccc4ccccc34)c([N+](=O)[O-])c2)cc1. The molecule has 2 heterocycles. The van der Waals surface area contributed by atoms with E-state index in [9.17, 15) is 10.1 Å². The summed E-state index contributed by atoms with van der Waals surface area (Å²) in [5.74, 6) is 0.827. The van der Waals surface area contributed by atoms with E-state index in [1.54, 1.807) is 13.3 Å². The van der Waals surface area contributed by atoms with Crippen LogP contribution in [0, 0.1) is 10.1 Å². The Morgan fingerprint density at radius 2 is 1.82 bits per heavy atom. The molecule has 7 heteroatoms. The minimum absolute atomic E-state index is 0.0734. The van der Waals surface area contributed by atoms with Crippen molar-refractivity contribution >= 4 is 16.5 Å². The summed E-state index contributed by atoms with van der Waals surface area (Å²) in [6, 6.07) is 22.0. The van der Waals surface area contributed by atoms with Crippen LogP contribution in [0.15, 0.2) is 91.5 Å². The second-order valence-corrected chi connectivity index (χ2v) is 8.35. The molecule has 1 atom stereocenters.